The van der Waals surface area contributed by atoms with Crippen LogP contribution in [0.3, 0.4) is 0 Å². The smallest absolute Gasteiger partial charge is 0.322 e. The Morgan fingerprint density at radius 1 is 1.05 bits per heavy atom. The third-order valence-corrected chi connectivity index (χ3v) is 7.32. The molecule has 1 N–H and O–H groups in total. The summed E-state index contributed by atoms with van der Waals surface area (Å²) < 4.78 is 19.2. The Labute approximate surface area is 222 Å². The highest BCUT2D eigenvalue weighted by atomic mass is 32.1. The summed E-state index contributed by atoms with van der Waals surface area (Å²) in [5, 5.41) is 4.92. The van der Waals surface area contributed by atoms with E-state index in [1.54, 1.807) is 33.3 Å². The molecule has 0 aliphatic carbocycles. The molecular formula is C29H34FN3O3S. The Kier molecular flexibility index (Phi) is 9.30. The zero-order valence-corrected chi connectivity index (χ0v) is 22.2. The molecule has 0 radical (unpaired) electrons. The summed E-state index contributed by atoms with van der Waals surface area (Å²) in [5.41, 5.74) is 2.70. The van der Waals surface area contributed by atoms with Crippen molar-refractivity contribution in [3.63, 3.8) is 0 Å². The lowest BCUT2D eigenvalue weighted by molar-refractivity contribution is -0.133. The van der Waals surface area contributed by atoms with E-state index in [0.717, 1.165) is 23.3 Å². The molecule has 1 fully saturated rings. The molecule has 4 rings (SSSR count). The van der Waals surface area contributed by atoms with Crippen LogP contribution in [0.25, 0.3) is 0 Å². The quantitative estimate of drug-likeness (QED) is 0.342. The normalized spacial score (nSPS) is 15.1. The number of carbonyl (C=O) groups excluding carboxylic acids is 2. The fourth-order valence-corrected chi connectivity index (χ4v) is 5.02. The first-order valence-corrected chi connectivity index (χ1v) is 13.6. The molecule has 1 aromatic heterocycles. The average Bonchev–Trinajstić information content (AvgIpc) is 3.59. The molecule has 3 aromatic rings. The second kappa shape index (κ2) is 12.8. The highest BCUT2D eigenvalue weighted by molar-refractivity contribution is 7.09. The SMILES string of the molecule is CC(C)c1ccc(NC(=O)N(CC(=O)N(Cc2ccc(F)cc2)Cc2cccs2)CC2CCCO2)cc1. The summed E-state index contributed by atoms with van der Waals surface area (Å²) in [6, 6.07) is 17.5. The van der Waals surface area contributed by atoms with Crippen LogP contribution < -0.4 is 5.32 Å². The molecule has 0 spiro atoms. The highest BCUT2D eigenvalue weighted by Crippen LogP contribution is 2.20. The fourth-order valence-electron chi connectivity index (χ4n) is 4.30. The first-order chi connectivity index (χ1) is 17.9. The van der Waals surface area contributed by atoms with Crippen molar-refractivity contribution < 1.29 is 18.7 Å². The first kappa shape index (κ1) is 26.8. The molecule has 1 atom stereocenters. The monoisotopic (exact) mass is 523 g/mol. The van der Waals surface area contributed by atoms with Crippen molar-refractivity contribution in [3.8, 4) is 0 Å². The van der Waals surface area contributed by atoms with E-state index in [0.29, 0.717) is 37.8 Å². The van der Waals surface area contributed by atoms with E-state index in [2.05, 4.69) is 19.2 Å². The number of rotatable bonds is 10. The maximum atomic E-state index is 13.6. The van der Waals surface area contributed by atoms with E-state index < -0.39 is 0 Å². The number of nitrogens with zero attached hydrogens (tertiary/aromatic N) is 2. The zero-order valence-electron chi connectivity index (χ0n) is 21.4. The Balaban J connectivity index is 1.49. The second-order valence-electron chi connectivity index (χ2n) is 9.68. The molecule has 6 nitrogen and oxygen atoms in total. The first-order valence-electron chi connectivity index (χ1n) is 12.7. The van der Waals surface area contributed by atoms with E-state index in [1.165, 1.54) is 17.7 Å². The van der Waals surface area contributed by atoms with Crippen molar-refractivity contribution in [1.29, 1.82) is 0 Å². The van der Waals surface area contributed by atoms with Gasteiger partial charge in [0.05, 0.1) is 12.6 Å². The van der Waals surface area contributed by atoms with E-state index in [1.807, 2.05) is 41.8 Å². The number of hydrogen-bond acceptors (Lipinski definition) is 4. The summed E-state index contributed by atoms with van der Waals surface area (Å²) in [7, 11) is 0. The summed E-state index contributed by atoms with van der Waals surface area (Å²) >= 11 is 1.57. The standard InChI is InChI=1S/C29H34FN3O3S/c1-21(2)23-9-13-25(14-10-23)31-29(35)33(18-26-5-3-15-36-26)20-28(34)32(19-27-6-4-16-37-27)17-22-7-11-24(30)12-8-22/h4,6-14,16,21,26H,3,5,15,17-20H2,1-2H3,(H,31,35). The van der Waals surface area contributed by atoms with E-state index >= 15 is 0 Å². The molecule has 2 aromatic carbocycles. The Morgan fingerprint density at radius 3 is 2.43 bits per heavy atom. The second-order valence-corrected chi connectivity index (χ2v) is 10.7. The predicted octanol–water partition coefficient (Wildman–Crippen LogP) is 6.25. The third-order valence-electron chi connectivity index (χ3n) is 6.46. The zero-order chi connectivity index (χ0) is 26.2. The largest absolute Gasteiger partial charge is 0.376 e. The molecule has 196 valence electrons. The maximum absolute atomic E-state index is 13.6. The van der Waals surface area contributed by atoms with Crippen LogP contribution in [0.1, 0.15) is 48.6 Å². The van der Waals surface area contributed by atoms with Crippen LogP contribution in [0.4, 0.5) is 14.9 Å². The predicted molar refractivity (Wildman–Crippen MR) is 145 cm³/mol. The number of carbonyl (C=O) groups is 2. The average molecular weight is 524 g/mol. The minimum Gasteiger partial charge on any atom is -0.376 e. The number of hydrogen-bond donors (Lipinski definition) is 1. The Hall–Kier alpha value is -3.23. The van der Waals surface area contributed by atoms with Crippen LogP contribution in [-0.4, -0.2) is 47.5 Å². The molecule has 8 heteroatoms. The van der Waals surface area contributed by atoms with Crippen molar-refractivity contribution in [2.75, 3.05) is 25.0 Å². The third kappa shape index (κ3) is 7.87. The van der Waals surface area contributed by atoms with Gasteiger partial charge in [-0.15, -0.1) is 11.3 Å². The van der Waals surface area contributed by atoms with E-state index in [9.17, 15) is 14.0 Å². The molecule has 1 aliphatic heterocycles. The summed E-state index contributed by atoms with van der Waals surface area (Å²) in [6.07, 6.45) is 1.71. The number of anilines is 1. The van der Waals surface area contributed by atoms with Crippen LogP contribution in [-0.2, 0) is 22.6 Å². The van der Waals surface area contributed by atoms with E-state index in [4.69, 9.17) is 4.74 Å². The van der Waals surface area contributed by atoms with Crippen molar-refractivity contribution in [2.45, 2.75) is 51.8 Å². The number of benzene rings is 2. The van der Waals surface area contributed by atoms with Crippen molar-refractivity contribution in [2.24, 2.45) is 0 Å². The van der Waals surface area contributed by atoms with Crippen molar-refractivity contribution in [3.05, 3.63) is 87.9 Å². The lowest BCUT2D eigenvalue weighted by Crippen LogP contribution is -2.46. The van der Waals surface area contributed by atoms with Crippen LogP contribution in [0.2, 0.25) is 0 Å². The minimum atomic E-state index is -0.334. The van der Waals surface area contributed by atoms with Crippen LogP contribution in [0.5, 0.6) is 0 Å². The van der Waals surface area contributed by atoms with Gasteiger partial charge >= 0.3 is 6.03 Å². The summed E-state index contributed by atoms with van der Waals surface area (Å²) in [5.74, 6) is -0.101. The van der Waals surface area contributed by atoms with Gasteiger partial charge in [-0.25, -0.2) is 9.18 Å². The van der Waals surface area contributed by atoms with Crippen molar-refractivity contribution in [1.82, 2.24) is 9.80 Å². The lowest BCUT2D eigenvalue weighted by atomic mass is 10.0. The Morgan fingerprint density at radius 2 is 1.81 bits per heavy atom. The topological polar surface area (TPSA) is 61.9 Å². The fraction of sp³-hybridized carbons (Fsp3) is 0.379. The number of nitrogens with one attached hydrogen (secondary N) is 1. The van der Waals surface area contributed by atoms with Crippen LogP contribution >= 0.6 is 11.3 Å². The lowest BCUT2D eigenvalue weighted by Gasteiger charge is -2.29. The van der Waals surface area contributed by atoms with Gasteiger partial charge in [-0.3, -0.25) is 4.79 Å². The number of thiophene rings is 1. The van der Waals surface area contributed by atoms with Gasteiger partial charge in [0.25, 0.3) is 0 Å². The molecule has 37 heavy (non-hydrogen) atoms. The van der Waals surface area contributed by atoms with Gasteiger partial charge in [-0.2, -0.15) is 0 Å². The van der Waals surface area contributed by atoms with Gasteiger partial charge in [0.2, 0.25) is 5.91 Å². The van der Waals surface area contributed by atoms with Gasteiger partial charge in [-0.1, -0.05) is 44.2 Å². The molecule has 0 saturated carbocycles. The maximum Gasteiger partial charge on any atom is 0.322 e. The van der Waals surface area contributed by atoms with Crippen LogP contribution in [0, 0.1) is 5.82 Å². The van der Waals surface area contributed by atoms with Gasteiger partial charge in [0.1, 0.15) is 12.4 Å². The number of amides is 3. The van der Waals surface area contributed by atoms with Crippen LogP contribution in [0.15, 0.2) is 66.0 Å². The molecule has 0 bridgehead atoms. The molecular weight excluding hydrogens is 489 g/mol. The number of halogens is 1. The highest BCUT2D eigenvalue weighted by Gasteiger charge is 2.27. The van der Waals surface area contributed by atoms with E-state index in [-0.39, 0.29) is 30.4 Å². The molecule has 1 aliphatic rings. The molecule has 2 heterocycles. The van der Waals surface area contributed by atoms with Gasteiger partial charge in [-0.05, 0) is 65.6 Å². The summed E-state index contributed by atoms with van der Waals surface area (Å²) in [4.78, 5) is 31.2. The number of ether oxygens (including phenoxy) is 1. The molecule has 1 saturated heterocycles. The van der Waals surface area contributed by atoms with Gasteiger partial charge in [0, 0.05) is 30.3 Å². The van der Waals surface area contributed by atoms with Crippen molar-refractivity contribution >= 4 is 29.0 Å². The summed E-state index contributed by atoms with van der Waals surface area (Å²) in [6.45, 7) is 5.91. The van der Waals surface area contributed by atoms with Gasteiger partial charge < -0.3 is 19.9 Å². The Bertz CT molecular complexity index is 1140. The van der Waals surface area contributed by atoms with Gasteiger partial charge in [0.15, 0.2) is 0 Å². The molecule has 3 amide bonds. The number of urea groups is 1. The minimum absolute atomic E-state index is 0.0810. The molecule has 1 unspecified atom stereocenters.